The predicted molar refractivity (Wildman–Crippen MR) is 64.6 cm³/mol. The topological polar surface area (TPSA) is 74.9 Å². The third-order valence-corrected chi connectivity index (χ3v) is 2.85. The van der Waals surface area contributed by atoms with Gasteiger partial charge in [-0.2, -0.15) is 5.10 Å². The summed E-state index contributed by atoms with van der Waals surface area (Å²) in [6.07, 6.45) is 0. The molecule has 16 heavy (non-hydrogen) atoms. The van der Waals surface area contributed by atoms with Gasteiger partial charge in [-0.3, -0.25) is 5.10 Å². The minimum absolute atomic E-state index is 0.243. The lowest BCUT2D eigenvalue weighted by Gasteiger charge is -2.10. The SMILES string of the molecule is Cc1cc(Cl)c(-c2cc(N)n[nH]2)c(C)c1O. The number of aromatic hydroxyl groups is 1. The zero-order chi connectivity index (χ0) is 11.9. The standard InChI is InChI=1S/C11H12ClN3O/c1-5-3-7(12)10(6(2)11(5)16)8-4-9(13)15-14-8/h3-4,16H,1-2H3,(H3,13,14,15). The molecule has 0 radical (unpaired) electrons. The number of halogens is 1. The Hall–Kier alpha value is -1.68. The van der Waals surface area contributed by atoms with E-state index in [0.717, 1.165) is 11.1 Å². The average molecular weight is 238 g/mol. The third kappa shape index (κ3) is 1.61. The van der Waals surface area contributed by atoms with E-state index in [1.54, 1.807) is 26.0 Å². The smallest absolute Gasteiger partial charge is 0.145 e. The molecule has 5 heteroatoms. The number of hydrogen-bond acceptors (Lipinski definition) is 3. The summed E-state index contributed by atoms with van der Waals surface area (Å²) >= 11 is 6.15. The van der Waals surface area contributed by atoms with E-state index in [0.29, 0.717) is 22.1 Å². The molecule has 1 aromatic heterocycles. The predicted octanol–water partition coefficient (Wildman–Crippen LogP) is 2.63. The molecule has 0 aliphatic heterocycles. The van der Waals surface area contributed by atoms with Crippen LogP contribution in [-0.4, -0.2) is 15.3 Å². The highest BCUT2D eigenvalue weighted by Gasteiger charge is 2.14. The maximum atomic E-state index is 9.86. The fourth-order valence-corrected chi connectivity index (χ4v) is 2.13. The quantitative estimate of drug-likeness (QED) is 0.714. The lowest BCUT2D eigenvalue weighted by atomic mass is 10.0. The Bertz CT molecular complexity index is 548. The molecular weight excluding hydrogens is 226 g/mol. The molecule has 4 nitrogen and oxygen atoms in total. The number of nitrogens with two attached hydrogens (primary N) is 1. The van der Waals surface area contributed by atoms with Gasteiger partial charge in [-0.15, -0.1) is 0 Å². The van der Waals surface area contributed by atoms with Crippen molar-refractivity contribution in [3.8, 4) is 17.0 Å². The number of anilines is 1. The minimum Gasteiger partial charge on any atom is -0.507 e. The van der Waals surface area contributed by atoms with Crippen molar-refractivity contribution in [3.63, 3.8) is 0 Å². The first kappa shape index (κ1) is 10.8. The fourth-order valence-electron chi connectivity index (χ4n) is 1.72. The molecule has 0 fully saturated rings. The van der Waals surface area contributed by atoms with Gasteiger partial charge in [-0.1, -0.05) is 11.6 Å². The Labute approximate surface area is 98.1 Å². The van der Waals surface area contributed by atoms with Gasteiger partial charge >= 0.3 is 0 Å². The van der Waals surface area contributed by atoms with E-state index in [2.05, 4.69) is 10.2 Å². The molecule has 0 saturated heterocycles. The summed E-state index contributed by atoms with van der Waals surface area (Å²) in [5, 5.41) is 17.0. The number of nitrogens with zero attached hydrogens (tertiary/aromatic N) is 1. The summed E-state index contributed by atoms with van der Waals surface area (Å²) in [6, 6.07) is 3.40. The zero-order valence-electron chi connectivity index (χ0n) is 9.00. The molecule has 0 aliphatic rings. The molecule has 0 amide bonds. The first-order valence-corrected chi connectivity index (χ1v) is 5.18. The van der Waals surface area contributed by atoms with Crippen LogP contribution in [0.2, 0.25) is 5.02 Å². The zero-order valence-corrected chi connectivity index (χ0v) is 9.76. The van der Waals surface area contributed by atoms with Gasteiger partial charge in [-0.25, -0.2) is 0 Å². The van der Waals surface area contributed by atoms with Gasteiger partial charge in [0.1, 0.15) is 11.6 Å². The molecule has 4 N–H and O–H groups in total. The van der Waals surface area contributed by atoms with Gasteiger partial charge in [0.05, 0.1) is 10.7 Å². The summed E-state index contributed by atoms with van der Waals surface area (Å²) in [7, 11) is 0. The first-order chi connectivity index (χ1) is 7.50. The summed E-state index contributed by atoms with van der Waals surface area (Å²) in [5.41, 5.74) is 8.44. The van der Waals surface area contributed by atoms with Gasteiger partial charge < -0.3 is 10.8 Å². The normalized spacial score (nSPS) is 10.7. The van der Waals surface area contributed by atoms with Crippen LogP contribution < -0.4 is 5.73 Å². The van der Waals surface area contributed by atoms with Crippen LogP contribution >= 0.6 is 11.6 Å². The highest BCUT2D eigenvalue weighted by molar-refractivity contribution is 6.33. The summed E-state index contributed by atoms with van der Waals surface area (Å²) in [6.45, 7) is 3.61. The second-order valence-corrected chi connectivity index (χ2v) is 4.14. The number of aromatic amines is 1. The number of rotatable bonds is 1. The Morgan fingerprint density at radius 1 is 1.38 bits per heavy atom. The van der Waals surface area contributed by atoms with Crippen LogP contribution in [0.1, 0.15) is 11.1 Å². The first-order valence-electron chi connectivity index (χ1n) is 4.80. The molecule has 0 spiro atoms. The molecule has 0 atom stereocenters. The van der Waals surface area contributed by atoms with Gasteiger partial charge in [0, 0.05) is 17.2 Å². The Morgan fingerprint density at radius 2 is 2.06 bits per heavy atom. The molecule has 0 saturated carbocycles. The number of aromatic nitrogens is 2. The van der Waals surface area contributed by atoms with Crippen LogP contribution in [0.4, 0.5) is 5.82 Å². The van der Waals surface area contributed by atoms with Crippen LogP contribution in [0.3, 0.4) is 0 Å². The molecular formula is C11H12ClN3O. The molecule has 1 heterocycles. The maximum absolute atomic E-state index is 9.86. The number of benzene rings is 1. The molecule has 0 bridgehead atoms. The van der Waals surface area contributed by atoms with E-state index < -0.39 is 0 Å². The Kier molecular flexibility index (Phi) is 2.52. The van der Waals surface area contributed by atoms with Gasteiger partial charge in [0.25, 0.3) is 0 Å². The molecule has 0 aliphatic carbocycles. The molecule has 84 valence electrons. The number of hydrogen-bond donors (Lipinski definition) is 3. The minimum atomic E-state index is 0.243. The third-order valence-electron chi connectivity index (χ3n) is 2.55. The number of phenolic OH excluding ortho intramolecular Hbond substituents is 1. The van der Waals surface area contributed by atoms with E-state index in [9.17, 15) is 5.11 Å². The van der Waals surface area contributed by atoms with Crippen molar-refractivity contribution >= 4 is 17.4 Å². The monoisotopic (exact) mass is 237 g/mol. The Balaban J connectivity index is 2.70. The van der Waals surface area contributed by atoms with Gasteiger partial charge in [-0.05, 0) is 25.5 Å². The van der Waals surface area contributed by atoms with E-state index in [1.807, 2.05) is 0 Å². The van der Waals surface area contributed by atoms with Crippen molar-refractivity contribution < 1.29 is 5.11 Å². The van der Waals surface area contributed by atoms with Crippen LogP contribution in [0, 0.1) is 13.8 Å². The van der Waals surface area contributed by atoms with Crippen molar-refractivity contribution in [1.82, 2.24) is 10.2 Å². The number of nitrogen functional groups attached to an aromatic ring is 1. The van der Waals surface area contributed by atoms with Crippen molar-refractivity contribution in [3.05, 3.63) is 28.3 Å². The summed E-state index contributed by atoms with van der Waals surface area (Å²) in [4.78, 5) is 0. The molecule has 2 aromatic rings. The Morgan fingerprint density at radius 3 is 2.62 bits per heavy atom. The number of H-pyrrole nitrogens is 1. The lowest BCUT2D eigenvalue weighted by molar-refractivity contribution is 0.467. The van der Waals surface area contributed by atoms with E-state index in [1.165, 1.54) is 0 Å². The highest BCUT2D eigenvalue weighted by Crippen LogP contribution is 2.37. The van der Waals surface area contributed by atoms with Crippen LogP contribution in [0.5, 0.6) is 5.75 Å². The summed E-state index contributed by atoms with van der Waals surface area (Å²) < 4.78 is 0. The maximum Gasteiger partial charge on any atom is 0.145 e. The summed E-state index contributed by atoms with van der Waals surface area (Å²) in [5.74, 6) is 0.637. The molecule has 2 rings (SSSR count). The number of aryl methyl sites for hydroxylation is 1. The van der Waals surface area contributed by atoms with E-state index in [4.69, 9.17) is 17.3 Å². The molecule has 1 aromatic carbocycles. The van der Waals surface area contributed by atoms with Crippen LogP contribution in [-0.2, 0) is 0 Å². The fraction of sp³-hybridized carbons (Fsp3) is 0.182. The van der Waals surface area contributed by atoms with Crippen LogP contribution in [0.25, 0.3) is 11.3 Å². The lowest BCUT2D eigenvalue weighted by Crippen LogP contribution is -1.89. The molecule has 0 unspecified atom stereocenters. The second kappa shape index (κ2) is 3.72. The van der Waals surface area contributed by atoms with Gasteiger partial charge in [0.2, 0.25) is 0 Å². The average Bonchev–Trinajstić information content (AvgIpc) is 2.61. The van der Waals surface area contributed by atoms with Crippen molar-refractivity contribution in [2.45, 2.75) is 13.8 Å². The number of nitrogens with one attached hydrogen (secondary N) is 1. The van der Waals surface area contributed by atoms with Crippen molar-refractivity contribution in [1.29, 1.82) is 0 Å². The van der Waals surface area contributed by atoms with Crippen molar-refractivity contribution in [2.24, 2.45) is 0 Å². The van der Waals surface area contributed by atoms with Gasteiger partial charge in [0.15, 0.2) is 0 Å². The van der Waals surface area contributed by atoms with Crippen LogP contribution in [0.15, 0.2) is 12.1 Å². The second-order valence-electron chi connectivity index (χ2n) is 3.73. The largest absolute Gasteiger partial charge is 0.507 e. The van der Waals surface area contributed by atoms with E-state index >= 15 is 0 Å². The highest BCUT2D eigenvalue weighted by atomic mass is 35.5. The van der Waals surface area contributed by atoms with Crippen molar-refractivity contribution in [2.75, 3.05) is 5.73 Å². The van der Waals surface area contributed by atoms with E-state index in [-0.39, 0.29) is 5.75 Å². The number of phenols is 1.